The number of nitrogens with zero attached hydrogens (tertiary/aromatic N) is 2. The van der Waals surface area contributed by atoms with Crippen LogP contribution in [0.5, 0.6) is 0 Å². The summed E-state index contributed by atoms with van der Waals surface area (Å²) < 4.78 is 33.2. The van der Waals surface area contributed by atoms with Gasteiger partial charge in [-0.2, -0.15) is 0 Å². The molecule has 4 rings (SSSR count). The topological polar surface area (TPSA) is 7.94 Å². The van der Waals surface area contributed by atoms with Crippen LogP contribution in [0.2, 0.25) is 0 Å². The molecule has 25 heavy (non-hydrogen) atoms. The van der Waals surface area contributed by atoms with Crippen molar-refractivity contribution in [1.29, 1.82) is 0 Å². The first kappa shape index (κ1) is 15.8. The fraction of sp³-hybridized carbons (Fsp3) is 0.150. The number of benzene rings is 1. The highest BCUT2D eigenvalue weighted by Gasteiger charge is 2.52. The summed E-state index contributed by atoms with van der Waals surface area (Å²) in [4.78, 5) is 0. The van der Waals surface area contributed by atoms with E-state index in [4.69, 9.17) is 0 Å². The first-order valence-corrected chi connectivity index (χ1v) is 8.51. The molecular formula is C20H19BF2N2. The predicted octanol–water partition coefficient (Wildman–Crippen LogP) is 4.93. The molecule has 2 aliphatic heterocycles. The lowest BCUT2D eigenvalue weighted by Crippen LogP contribution is -2.50. The zero-order chi connectivity index (χ0) is 17.6. The number of hydrogen-bond donors (Lipinski definition) is 0. The van der Waals surface area contributed by atoms with Crippen LogP contribution in [0.3, 0.4) is 0 Å². The predicted molar refractivity (Wildman–Crippen MR) is 99.7 cm³/mol. The third-order valence-corrected chi connectivity index (χ3v) is 4.72. The van der Waals surface area contributed by atoms with Crippen LogP contribution < -0.4 is 0 Å². The van der Waals surface area contributed by atoms with Gasteiger partial charge in [-0.1, -0.05) is 44.2 Å². The molecule has 0 bridgehead atoms. The smallest absolute Gasteiger partial charge is 0.394 e. The van der Waals surface area contributed by atoms with Gasteiger partial charge < -0.3 is 17.6 Å². The second-order valence-electron chi connectivity index (χ2n) is 6.74. The van der Waals surface area contributed by atoms with Crippen LogP contribution in [0.25, 0.3) is 12.2 Å². The second kappa shape index (κ2) is 5.69. The summed E-state index contributed by atoms with van der Waals surface area (Å²) >= 11 is 0. The van der Waals surface area contributed by atoms with E-state index in [1.54, 1.807) is 30.4 Å². The maximum absolute atomic E-state index is 15.4. The first-order valence-electron chi connectivity index (χ1n) is 8.51. The Hall–Kier alpha value is -2.69. The van der Waals surface area contributed by atoms with E-state index in [0.29, 0.717) is 22.8 Å². The Morgan fingerprint density at radius 1 is 1.00 bits per heavy atom. The molecule has 2 aliphatic rings. The Morgan fingerprint density at radius 3 is 2.48 bits per heavy atom. The monoisotopic (exact) mass is 336 g/mol. The second-order valence-corrected chi connectivity index (χ2v) is 6.74. The van der Waals surface area contributed by atoms with Crippen LogP contribution in [0.4, 0.5) is 8.63 Å². The Kier molecular flexibility index (Phi) is 3.60. The fourth-order valence-corrected chi connectivity index (χ4v) is 3.53. The van der Waals surface area contributed by atoms with Crippen LogP contribution in [-0.4, -0.2) is 21.6 Å². The fourth-order valence-electron chi connectivity index (χ4n) is 3.53. The molecule has 1 aromatic carbocycles. The molecule has 0 saturated carbocycles. The minimum atomic E-state index is -3.92. The highest BCUT2D eigenvalue weighted by atomic mass is 19.2. The van der Waals surface area contributed by atoms with E-state index in [1.165, 1.54) is 8.96 Å². The van der Waals surface area contributed by atoms with Gasteiger partial charge in [-0.25, -0.2) is 0 Å². The molecule has 126 valence electrons. The number of halogens is 2. The van der Waals surface area contributed by atoms with Crippen molar-refractivity contribution in [1.82, 2.24) is 4.48 Å². The van der Waals surface area contributed by atoms with Crippen molar-refractivity contribution in [3.63, 3.8) is 0 Å². The maximum Gasteiger partial charge on any atom is 0.737 e. The number of rotatable bonds is 3. The molecule has 0 spiro atoms. The summed E-state index contributed by atoms with van der Waals surface area (Å²) in [5.41, 5.74) is 3.26. The lowest BCUT2D eigenvalue weighted by Gasteiger charge is -2.31. The van der Waals surface area contributed by atoms with Gasteiger partial charge in [0.1, 0.15) is 0 Å². The molecule has 0 N–H and O–H groups in total. The zero-order valence-electron chi connectivity index (χ0n) is 14.2. The summed E-state index contributed by atoms with van der Waals surface area (Å²) in [5, 5.41) is 0. The number of fused-ring (bicyclic) bond motifs is 2. The Balaban J connectivity index is 1.82. The molecule has 2 aromatic rings. The van der Waals surface area contributed by atoms with Gasteiger partial charge in [-0.3, -0.25) is 0 Å². The Bertz CT molecular complexity index is 947. The molecule has 2 nitrogen and oxygen atoms in total. The lowest BCUT2D eigenvalue weighted by molar-refractivity contribution is -0.360. The molecule has 3 heterocycles. The van der Waals surface area contributed by atoms with Gasteiger partial charge >= 0.3 is 6.97 Å². The molecule has 0 atom stereocenters. The van der Waals surface area contributed by atoms with E-state index in [2.05, 4.69) is 0 Å². The van der Waals surface area contributed by atoms with Crippen LogP contribution in [0, 0.1) is 0 Å². The van der Waals surface area contributed by atoms with Gasteiger partial charge in [0, 0.05) is 30.0 Å². The largest absolute Gasteiger partial charge is 0.737 e. The third kappa shape index (κ3) is 2.51. The van der Waals surface area contributed by atoms with E-state index in [0.717, 1.165) is 5.56 Å². The highest BCUT2D eigenvalue weighted by molar-refractivity contribution is 6.58. The summed E-state index contributed by atoms with van der Waals surface area (Å²) in [6, 6.07) is 13.3. The molecule has 5 heteroatoms. The average molecular weight is 336 g/mol. The molecule has 0 fully saturated rings. The normalized spacial score (nSPS) is 18.0. The van der Waals surface area contributed by atoms with E-state index < -0.39 is 6.97 Å². The molecule has 1 aromatic heterocycles. The van der Waals surface area contributed by atoms with Crippen molar-refractivity contribution in [2.75, 3.05) is 0 Å². The Labute approximate surface area is 146 Å². The quantitative estimate of drug-likeness (QED) is 0.703. The Morgan fingerprint density at radius 2 is 1.76 bits per heavy atom. The lowest BCUT2D eigenvalue weighted by atomic mass is 9.89. The summed E-state index contributed by atoms with van der Waals surface area (Å²) in [5.74, 6) is 0.0373. The van der Waals surface area contributed by atoms with Crippen molar-refractivity contribution in [2.45, 2.75) is 19.8 Å². The van der Waals surface area contributed by atoms with Crippen molar-refractivity contribution in [3.8, 4) is 0 Å². The zero-order valence-corrected chi connectivity index (χ0v) is 14.2. The van der Waals surface area contributed by atoms with Crippen molar-refractivity contribution in [2.24, 2.45) is 0 Å². The van der Waals surface area contributed by atoms with Crippen molar-refractivity contribution < 1.29 is 13.1 Å². The number of aromatic nitrogens is 1. The maximum atomic E-state index is 15.4. The number of allylic oxidation sites excluding steroid dienone is 3. The molecule has 0 radical (unpaired) electrons. The highest BCUT2D eigenvalue weighted by Crippen LogP contribution is 2.34. The van der Waals surface area contributed by atoms with Crippen LogP contribution in [0.1, 0.15) is 36.7 Å². The van der Waals surface area contributed by atoms with Gasteiger partial charge in [0.15, 0.2) is 11.4 Å². The van der Waals surface area contributed by atoms with E-state index in [9.17, 15) is 0 Å². The molecule has 0 unspecified atom stereocenters. The van der Waals surface area contributed by atoms with Gasteiger partial charge in [-0.15, -0.1) is 0 Å². The van der Waals surface area contributed by atoms with Gasteiger partial charge in [0.05, 0.1) is 0 Å². The van der Waals surface area contributed by atoms with Gasteiger partial charge in [0.25, 0.3) is 0 Å². The van der Waals surface area contributed by atoms with Gasteiger partial charge in [0.2, 0.25) is 0 Å². The van der Waals surface area contributed by atoms with Crippen LogP contribution in [0.15, 0.2) is 66.4 Å². The van der Waals surface area contributed by atoms with E-state index in [-0.39, 0.29) is 5.92 Å². The van der Waals surface area contributed by atoms with Gasteiger partial charge in [-0.05, 0) is 35.4 Å². The summed E-state index contributed by atoms with van der Waals surface area (Å²) in [7, 11) is 0. The summed E-state index contributed by atoms with van der Waals surface area (Å²) in [6.07, 6.45) is 8.95. The van der Waals surface area contributed by atoms with Crippen LogP contribution in [-0.2, 0) is 0 Å². The molecule has 0 amide bonds. The minimum Gasteiger partial charge on any atom is -0.394 e. The summed E-state index contributed by atoms with van der Waals surface area (Å²) in [6.45, 7) is -0.0338. The minimum absolute atomic E-state index is 0.0373. The average Bonchev–Trinajstić information content (AvgIpc) is 3.19. The molecule has 0 saturated heterocycles. The standard InChI is InChI=1S/C20H19BF2N2/c1-15(2)20-13-12-19-14-18-11-10-17(24(18)21(22,23)25(19)20)9-8-16-6-4-3-5-7-16/h3-15H,1-2H3/b9-8+. The first-order chi connectivity index (χ1) is 12.0. The van der Waals surface area contributed by atoms with E-state index in [1.807, 2.05) is 56.3 Å². The van der Waals surface area contributed by atoms with Crippen molar-refractivity contribution >= 4 is 24.8 Å². The SMILES string of the molecule is CC(C)c1ccc2n1[B-](F)(F)[N+]1=C(/C=C/c3ccccc3)C=CC1=C2. The van der Waals surface area contributed by atoms with E-state index >= 15 is 8.63 Å². The molecular weight excluding hydrogens is 317 g/mol. The third-order valence-electron chi connectivity index (χ3n) is 4.72. The van der Waals surface area contributed by atoms with Crippen molar-refractivity contribution in [3.05, 3.63) is 83.3 Å². The number of hydrogen-bond acceptors (Lipinski definition) is 0. The molecule has 0 aliphatic carbocycles. The van der Waals surface area contributed by atoms with Crippen LogP contribution >= 0.6 is 0 Å².